The third-order valence-corrected chi connectivity index (χ3v) is 6.60. The summed E-state index contributed by atoms with van der Waals surface area (Å²) in [6, 6.07) is 6.42. The van der Waals surface area contributed by atoms with Gasteiger partial charge in [0.2, 0.25) is 15.9 Å². The molecule has 1 aliphatic carbocycles. The third-order valence-electron chi connectivity index (χ3n) is 4.64. The number of rotatable bonds is 7. The van der Waals surface area contributed by atoms with E-state index >= 15 is 0 Å². The third kappa shape index (κ3) is 4.31. The highest BCUT2D eigenvalue weighted by Gasteiger charge is 2.38. The van der Waals surface area contributed by atoms with Gasteiger partial charge in [0, 0.05) is 45.2 Å². The van der Waals surface area contributed by atoms with Crippen molar-refractivity contribution in [3.63, 3.8) is 0 Å². The van der Waals surface area contributed by atoms with Crippen molar-refractivity contribution in [2.75, 3.05) is 39.8 Å². The Morgan fingerprint density at radius 1 is 1.24 bits per heavy atom. The highest BCUT2D eigenvalue weighted by Crippen LogP contribution is 2.32. The van der Waals surface area contributed by atoms with Crippen molar-refractivity contribution in [3.8, 4) is 5.75 Å². The van der Waals surface area contributed by atoms with Crippen molar-refractivity contribution in [3.05, 3.63) is 24.3 Å². The van der Waals surface area contributed by atoms with E-state index in [0.29, 0.717) is 18.8 Å². The molecule has 1 saturated heterocycles. The van der Waals surface area contributed by atoms with Gasteiger partial charge in [0.25, 0.3) is 0 Å². The van der Waals surface area contributed by atoms with Crippen LogP contribution in [0, 0.1) is 0 Å². The standard InChI is InChI=1S/C17H25N3O4S/c1-24-15-4-6-16(7-5-15)25(22,23)20(14-2-3-14)11-8-17(21)19-12-9-18-10-13-19/h4-7,14,18H,2-3,8-13H2,1H3. The Hall–Kier alpha value is -1.64. The van der Waals surface area contributed by atoms with Crippen LogP contribution >= 0.6 is 0 Å². The van der Waals surface area contributed by atoms with Gasteiger partial charge >= 0.3 is 0 Å². The molecule has 2 fully saturated rings. The first-order valence-corrected chi connectivity index (χ1v) is 10.1. The molecule has 0 spiro atoms. The summed E-state index contributed by atoms with van der Waals surface area (Å²) in [5.74, 6) is 0.642. The summed E-state index contributed by atoms with van der Waals surface area (Å²) in [5, 5.41) is 3.21. The smallest absolute Gasteiger partial charge is 0.243 e. The fraction of sp³-hybridized carbons (Fsp3) is 0.588. The van der Waals surface area contributed by atoms with Gasteiger partial charge in [-0.05, 0) is 37.1 Å². The summed E-state index contributed by atoms with van der Waals surface area (Å²) in [7, 11) is -2.05. The monoisotopic (exact) mass is 367 g/mol. The second-order valence-corrected chi connectivity index (χ2v) is 8.29. The quantitative estimate of drug-likeness (QED) is 0.766. The first kappa shape index (κ1) is 18.2. The zero-order valence-electron chi connectivity index (χ0n) is 14.5. The number of hydrogen-bond donors (Lipinski definition) is 1. The van der Waals surface area contributed by atoms with Crippen LogP contribution in [0.15, 0.2) is 29.2 Å². The van der Waals surface area contributed by atoms with E-state index in [9.17, 15) is 13.2 Å². The van der Waals surface area contributed by atoms with Crippen LogP contribution < -0.4 is 10.1 Å². The molecule has 1 N–H and O–H groups in total. The molecule has 1 aliphatic heterocycles. The van der Waals surface area contributed by atoms with Gasteiger partial charge in [-0.15, -0.1) is 0 Å². The van der Waals surface area contributed by atoms with Crippen molar-refractivity contribution in [1.82, 2.24) is 14.5 Å². The summed E-state index contributed by atoms with van der Waals surface area (Å²) in [6.07, 6.45) is 1.94. The van der Waals surface area contributed by atoms with E-state index in [2.05, 4.69) is 5.32 Å². The molecule has 138 valence electrons. The fourth-order valence-electron chi connectivity index (χ4n) is 3.02. The molecular weight excluding hydrogens is 342 g/mol. The molecule has 1 saturated carbocycles. The van der Waals surface area contributed by atoms with Gasteiger partial charge in [0.05, 0.1) is 12.0 Å². The van der Waals surface area contributed by atoms with E-state index in [4.69, 9.17) is 4.74 Å². The average Bonchev–Trinajstić information content (AvgIpc) is 3.47. The molecule has 0 atom stereocenters. The first-order chi connectivity index (χ1) is 12.0. The number of amides is 1. The largest absolute Gasteiger partial charge is 0.497 e. The molecule has 1 heterocycles. The number of piperazine rings is 1. The Bertz CT molecular complexity index is 695. The number of carbonyl (C=O) groups excluding carboxylic acids is 1. The fourth-order valence-corrected chi connectivity index (χ4v) is 4.71. The first-order valence-electron chi connectivity index (χ1n) is 8.67. The summed E-state index contributed by atoms with van der Waals surface area (Å²) < 4.78 is 32.5. The van der Waals surface area contributed by atoms with Gasteiger partial charge in [0.1, 0.15) is 5.75 Å². The van der Waals surface area contributed by atoms with Crippen LogP contribution in [0.2, 0.25) is 0 Å². The topological polar surface area (TPSA) is 79.0 Å². The van der Waals surface area contributed by atoms with Crippen LogP contribution in [0.25, 0.3) is 0 Å². The van der Waals surface area contributed by atoms with Gasteiger partial charge < -0.3 is 15.0 Å². The maximum atomic E-state index is 13.0. The molecule has 2 aliphatic rings. The predicted molar refractivity (Wildman–Crippen MR) is 94.0 cm³/mol. The van der Waals surface area contributed by atoms with Gasteiger partial charge in [-0.2, -0.15) is 4.31 Å². The minimum absolute atomic E-state index is 0.0166. The van der Waals surface area contributed by atoms with Gasteiger partial charge in [-0.25, -0.2) is 8.42 Å². The minimum atomic E-state index is -3.59. The Labute approximate surface area is 149 Å². The van der Waals surface area contributed by atoms with Gasteiger partial charge in [-0.1, -0.05) is 0 Å². The molecule has 7 nitrogen and oxygen atoms in total. The lowest BCUT2D eigenvalue weighted by Crippen LogP contribution is -2.47. The molecular formula is C17H25N3O4S. The van der Waals surface area contributed by atoms with E-state index < -0.39 is 10.0 Å². The van der Waals surface area contributed by atoms with Crippen molar-refractivity contribution in [2.24, 2.45) is 0 Å². The lowest BCUT2D eigenvalue weighted by Gasteiger charge is -2.29. The van der Waals surface area contributed by atoms with Crippen LogP contribution in [0.1, 0.15) is 19.3 Å². The summed E-state index contributed by atoms with van der Waals surface area (Å²) in [6.45, 7) is 3.20. The molecule has 1 aromatic rings. The molecule has 1 aromatic carbocycles. The SMILES string of the molecule is COc1ccc(S(=O)(=O)N(CCC(=O)N2CCNCC2)C2CC2)cc1. The summed E-state index contributed by atoms with van der Waals surface area (Å²) in [4.78, 5) is 14.4. The lowest BCUT2D eigenvalue weighted by atomic mass is 10.3. The Kier molecular flexibility index (Phi) is 5.61. The number of hydrogen-bond acceptors (Lipinski definition) is 5. The van der Waals surface area contributed by atoms with Crippen molar-refractivity contribution >= 4 is 15.9 Å². The number of methoxy groups -OCH3 is 1. The van der Waals surface area contributed by atoms with Crippen LogP contribution in [0.4, 0.5) is 0 Å². The van der Waals surface area contributed by atoms with E-state index in [1.807, 2.05) is 4.90 Å². The van der Waals surface area contributed by atoms with E-state index in [1.54, 1.807) is 31.4 Å². The highest BCUT2D eigenvalue weighted by atomic mass is 32.2. The Balaban J connectivity index is 1.68. The van der Waals surface area contributed by atoms with Gasteiger partial charge in [0.15, 0.2) is 0 Å². The van der Waals surface area contributed by atoms with Crippen molar-refractivity contribution < 1.29 is 17.9 Å². The molecule has 0 aromatic heterocycles. The van der Waals surface area contributed by atoms with E-state index in [0.717, 1.165) is 25.9 Å². The molecule has 0 radical (unpaired) electrons. The average molecular weight is 367 g/mol. The van der Waals surface area contributed by atoms with Crippen LogP contribution in [0.5, 0.6) is 5.75 Å². The van der Waals surface area contributed by atoms with Gasteiger partial charge in [-0.3, -0.25) is 4.79 Å². The maximum Gasteiger partial charge on any atom is 0.243 e. The Morgan fingerprint density at radius 3 is 2.44 bits per heavy atom. The molecule has 0 bridgehead atoms. The zero-order chi connectivity index (χ0) is 17.9. The highest BCUT2D eigenvalue weighted by molar-refractivity contribution is 7.89. The molecule has 0 unspecified atom stereocenters. The van der Waals surface area contributed by atoms with E-state index in [1.165, 1.54) is 4.31 Å². The second-order valence-electron chi connectivity index (χ2n) is 6.40. The number of nitrogens with one attached hydrogen (secondary N) is 1. The van der Waals surface area contributed by atoms with Crippen LogP contribution in [-0.4, -0.2) is 69.4 Å². The lowest BCUT2D eigenvalue weighted by molar-refractivity contribution is -0.131. The van der Waals surface area contributed by atoms with Crippen molar-refractivity contribution in [1.29, 1.82) is 0 Å². The number of nitrogens with zero attached hydrogens (tertiary/aromatic N) is 2. The minimum Gasteiger partial charge on any atom is -0.497 e. The predicted octanol–water partition coefficient (Wildman–Crippen LogP) is 0.670. The summed E-state index contributed by atoms with van der Waals surface area (Å²) >= 11 is 0. The number of sulfonamides is 1. The maximum absolute atomic E-state index is 13.0. The van der Waals surface area contributed by atoms with Crippen LogP contribution in [0.3, 0.4) is 0 Å². The number of ether oxygens (including phenoxy) is 1. The zero-order valence-corrected chi connectivity index (χ0v) is 15.3. The molecule has 3 rings (SSSR count). The second kappa shape index (κ2) is 7.72. The molecule has 25 heavy (non-hydrogen) atoms. The van der Waals surface area contributed by atoms with Crippen molar-refractivity contribution in [2.45, 2.75) is 30.2 Å². The normalized spacial score (nSPS) is 18.4. The number of benzene rings is 1. The number of carbonyl (C=O) groups is 1. The molecule has 8 heteroatoms. The Morgan fingerprint density at radius 2 is 1.88 bits per heavy atom. The summed E-state index contributed by atoms with van der Waals surface area (Å²) in [5.41, 5.74) is 0. The van der Waals surface area contributed by atoms with Crippen LogP contribution in [-0.2, 0) is 14.8 Å². The van der Waals surface area contributed by atoms with E-state index in [-0.39, 0.29) is 29.8 Å². The molecule has 1 amide bonds.